The summed E-state index contributed by atoms with van der Waals surface area (Å²) in [5, 5.41) is 14.3. The standard InChI is InChI=1S/C29H42N4O7S/c1-29(2,13-14-30)19-33(41(36,37)22-10-8-21(31)9-11-22)17-25(34)24(16-20-6-4-3-5-7-20)32-28(35)40-26-18-39-27-23(26)12-15-38-27/h3-11,23-27,34H,12-19,30-31H2,1-2H3,(H,32,35)/t23-,24-,25-,26-,27+/m0/s1. The van der Waals surface area contributed by atoms with Crippen LogP contribution in [0.1, 0.15) is 32.3 Å². The van der Waals surface area contributed by atoms with E-state index in [2.05, 4.69) is 5.32 Å². The van der Waals surface area contributed by atoms with Gasteiger partial charge in [-0.3, -0.25) is 0 Å². The number of nitrogen functional groups attached to an aromatic ring is 1. The number of hydrogen-bond acceptors (Lipinski definition) is 9. The Kier molecular flexibility index (Phi) is 10.3. The second-order valence-electron chi connectivity index (χ2n) is 11.5. The number of ether oxygens (including phenoxy) is 3. The maximum atomic E-state index is 13.8. The minimum absolute atomic E-state index is 0.0384. The van der Waals surface area contributed by atoms with Gasteiger partial charge in [-0.15, -0.1) is 0 Å². The number of amides is 1. The van der Waals surface area contributed by atoms with E-state index < -0.39 is 39.8 Å². The lowest BCUT2D eigenvalue weighted by Crippen LogP contribution is -2.52. The zero-order valence-electron chi connectivity index (χ0n) is 23.6. The zero-order valence-corrected chi connectivity index (χ0v) is 24.5. The number of nitrogens with zero attached hydrogens (tertiary/aromatic N) is 1. The molecule has 0 unspecified atom stereocenters. The number of fused-ring (bicyclic) bond motifs is 1. The van der Waals surface area contributed by atoms with E-state index in [4.69, 9.17) is 25.7 Å². The summed E-state index contributed by atoms with van der Waals surface area (Å²) in [5.74, 6) is -0.0384. The van der Waals surface area contributed by atoms with Crippen LogP contribution in [0.25, 0.3) is 0 Å². The molecule has 5 atom stereocenters. The normalized spacial score (nSPS) is 22.3. The molecule has 2 heterocycles. The largest absolute Gasteiger partial charge is 0.443 e. The number of nitrogens with two attached hydrogens (primary N) is 2. The Balaban J connectivity index is 1.55. The lowest BCUT2D eigenvalue weighted by molar-refractivity contribution is -0.0907. The fourth-order valence-electron chi connectivity index (χ4n) is 5.34. The molecule has 1 amide bonds. The summed E-state index contributed by atoms with van der Waals surface area (Å²) in [6.45, 7) is 4.87. The number of alkyl carbamates (subject to hydrolysis) is 1. The molecule has 0 aliphatic carbocycles. The molecule has 2 saturated heterocycles. The molecule has 2 fully saturated rings. The Hall–Kier alpha value is -2.74. The molecule has 0 saturated carbocycles. The van der Waals surface area contributed by atoms with Crippen molar-refractivity contribution in [3.05, 3.63) is 60.2 Å². The topological polar surface area (TPSA) is 166 Å². The van der Waals surface area contributed by atoms with E-state index in [1.807, 2.05) is 44.2 Å². The van der Waals surface area contributed by atoms with Crippen LogP contribution in [-0.2, 0) is 30.7 Å². The van der Waals surface area contributed by atoms with Gasteiger partial charge in [0.15, 0.2) is 6.29 Å². The summed E-state index contributed by atoms with van der Waals surface area (Å²) in [6.07, 6.45) is -1.24. The van der Waals surface area contributed by atoms with Crippen LogP contribution in [0, 0.1) is 11.3 Å². The van der Waals surface area contributed by atoms with Crippen molar-refractivity contribution in [1.82, 2.24) is 9.62 Å². The van der Waals surface area contributed by atoms with E-state index in [0.717, 1.165) is 12.0 Å². The number of sulfonamides is 1. The predicted octanol–water partition coefficient (Wildman–Crippen LogP) is 2.09. The van der Waals surface area contributed by atoms with Gasteiger partial charge in [0.05, 0.1) is 36.2 Å². The number of carbonyl (C=O) groups is 1. The van der Waals surface area contributed by atoms with Gasteiger partial charge in [0.1, 0.15) is 6.10 Å². The van der Waals surface area contributed by atoms with Gasteiger partial charge in [-0.2, -0.15) is 4.31 Å². The second-order valence-corrected chi connectivity index (χ2v) is 13.5. The van der Waals surface area contributed by atoms with Crippen LogP contribution in [0.5, 0.6) is 0 Å². The van der Waals surface area contributed by atoms with Gasteiger partial charge >= 0.3 is 6.09 Å². The second kappa shape index (κ2) is 13.5. The molecule has 2 aliphatic rings. The molecule has 4 rings (SSSR count). The van der Waals surface area contributed by atoms with Crippen LogP contribution in [0.2, 0.25) is 0 Å². The van der Waals surface area contributed by atoms with E-state index in [0.29, 0.717) is 25.3 Å². The first-order chi connectivity index (χ1) is 19.5. The average molecular weight is 591 g/mol. The van der Waals surface area contributed by atoms with Gasteiger partial charge in [0.2, 0.25) is 10.0 Å². The summed E-state index contributed by atoms with van der Waals surface area (Å²) in [4.78, 5) is 13.1. The molecule has 0 spiro atoms. The van der Waals surface area contributed by atoms with Crippen molar-refractivity contribution >= 4 is 21.8 Å². The van der Waals surface area contributed by atoms with Gasteiger partial charge in [0.25, 0.3) is 0 Å². The Morgan fingerprint density at radius 3 is 2.56 bits per heavy atom. The number of aliphatic hydroxyl groups excluding tert-OH is 1. The zero-order chi connectivity index (χ0) is 29.6. The molecular formula is C29H42N4O7S. The Morgan fingerprint density at radius 2 is 1.88 bits per heavy atom. The van der Waals surface area contributed by atoms with E-state index in [1.54, 1.807) is 0 Å². The molecular weight excluding hydrogens is 548 g/mol. The van der Waals surface area contributed by atoms with Crippen LogP contribution >= 0.6 is 0 Å². The van der Waals surface area contributed by atoms with Crippen LogP contribution in [0.4, 0.5) is 10.5 Å². The molecule has 6 N–H and O–H groups in total. The Bertz CT molecular complexity index is 1240. The van der Waals surface area contributed by atoms with Gasteiger partial charge in [-0.1, -0.05) is 44.2 Å². The fourth-order valence-corrected chi connectivity index (χ4v) is 6.99. The number of anilines is 1. The average Bonchev–Trinajstić information content (AvgIpc) is 3.54. The molecule has 2 aliphatic heterocycles. The maximum Gasteiger partial charge on any atom is 0.407 e. The predicted molar refractivity (Wildman–Crippen MR) is 154 cm³/mol. The van der Waals surface area contributed by atoms with Gasteiger partial charge in [-0.05, 0) is 61.1 Å². The van der Waals surface area contributed by atoms with Crippen molar-refractivity contribution in [2.75, 3.05) is 38.6 Å². The number of rotatable bonds is 13. The highest BCUT2D eigenvalue weighted by atomic mass is 32.2. The van der Waals surface area contributed by atoms with Crippen molar-refractivity contribution in [1.29, 1.82) is 0 Å². The SMILES string of the molecule is CC(C)(CCN)CN(C[C@H](O)[C@H](Cc1ccccc1)NC(=O)O[C@H]1CO[C@H]2OCC[C@H]21)S(=O)(=O)c1ccc(N)cc1. The first kappa shape index (κ1) is 31.2. The van der Waals surface area contributed by atoms with Crippen molar-refractivity contribution in [2.24, 2.45) is 17.1 Å². The number of nitrogens with one attached hydrogen (secondary N) is 1. The third-order valence-electron chi connectivity index (χ3n) is 7.64. The van der Waals surface area contributed by atoms with Crippen molar-refractivity contribution in [3.8, 4) is 0 Å². The maximum absolute atomic E-state index is 13.8. The molecule has 2 aromatic rings. The summed E-state index contributed by atoms with van der Waals surface area (Å²) in [7, 11) is -4.03. The lowest BCUT2D eigenvalue weighted by atomic mass is 9.89. The summed E-state index contributed by atoms with van der Waals surface area (Å²) in [6, 6.07) is 14.4. The van der Waals surface area contributed by atoms with E-state index >= 15 is 0 Å². The minimum Gasteiger partial charge on any atom is -0.443 e. The monoisotopic (exact) mass is 590 g/mol. The van der Waals surface area contributed by atoms with Gasteiger partial charge in [0, 0.05) is 18.8 Å². The summed E-state index contributed by atoms with van der Waals surface area (Å²) in [5.41, 5.74) is 12.4. The van der Waals surface area contributed by atoms with E-state index in [9.17, 15) is 18.3 Å². The Morgan fingerprint density at radius 1 is 1.17 bits per heavy atom. The van der Waals surface area contributed by atoms with Crippen LogP contribution in [0.3, 0.4) is 0 Å². The van der Waals surface area contributed by atoms with Crippen LogP contribution in [-0.4, -0.2) is 81.3 Å². The highest BCUT2D eigenvalue weighted by Gasteiger charge is 2.44. The number of hydrogen-bond donors (Lipinski definition) is 4. The quantitative estimate of drug-likeness (QED) is 0.256. The van der Waals surface area contributed by atoms with Crippen LogP contribution in [0.15, 0.2) is 59.5 Å². The van der Waals surface area contributed by atoms with E-state index in [1.165, 1.54) is 28.6 Å². The Labute approximate surface area is 242 Å². The lowest BCUT2D eigenvalue weighted by Gasteiger charge is -2.35. The van der Waals surface area contributed by atoms with Gasteiger partial charge in [-0.25, -0.2) is 13.2 Å². The highest BCUT2D eigenvalue weighted by Crippen LogP contribution is 2.33. The molecule has 226 valence electrons. The summed E-state index contributed by atoms with van der Waals surface area (Å²) < 4.78 is 45.6. The molecule has 2 aromatic carbocycles. The number of carbonyl (C=O) groups excluding carboxylic acids is 1. The fraction of sp³-hybridized carbons (Fsp3) is 0.552. The van der Waals surface area contributed by atoms with Crippen molar-refractivity contribution in [3.63, 3.8) is 0 Å². The molecule has 11 nitrogen and oxygen atoms in total. The minimum atomic E-state index is -4.03. The molecule has 0 bridgehead atoms. The van der Waals surface area contributed by atoms with E-state index in [-0.39, 0.29) is 43.2 Å². The number of benzene rings is 2. The first-order valence-electron chi connectivity index (χ1n) is 14.0. The van der Waals surface area contributed by atoms with Crippen LogP contribution < -0.4 is 16.8 Å². The molecule has 12 heteroatoms. The van der Waals surface area contributed by atoms with Gasteiger partial charge < -0.3 is 36.1 Å². The molecule has 0 radical (unpaired) electrons. The third kappa shape index (κ3) is 8.18. The smallest absolute Gasteiger partial charge is 0.407 e. The van der Waals surface area contributed by atoms with Crippen molar-refractivity contribution in [2.45, 2.75) is 62.5 Å². The molecule has 41 heavy (non-hydrogen) atoms. The van der Waals surface area contributed by atoms with Crippen molar-refractivity contribution < 1.29 is 32.5 Å². The number of aliphatic hydroxyl groups is 1. The first-order valence-corrected chi connectivity index (χ1v) is 15.4. The highest BCUT2D eigenvalue weighted by molar-refractivity contribution is 7.89. The summed E-state index contributed by atoms with van der Waals surface area (Å²) >= 11 is 0. The molecule has 0 aromatic heterocycles. The third-order valence-corrected chi connectivity index (χ3v) is 9.47.